The predicted octanol–water partition coefficient (Wildman–Crippen LogP) is 4.77. The van der Waals surface area contributed by atoms with Crippen LogP contribution < -0.4 is 0 Å². The van der Waals surface area contributed by atoms with Gasteiger partial charge in [-0.3, -0.25) is 4.90 Å². The molecule has 2 heteroatoms. The number of nitrogens with zero attached hydrogens (tertiary/aromatic N) is 1. The molecule has 0 saturated heterocycles. The average molecular weight is 284 g/mol. The lowest BCUT2D eigenvalue weighted by Crippen LogP contribution is -2.26. The van der Waals surface area contributed by atoms with Crippen LogP contribution in [0.3, 0.4) is 0 Å². The van der Waals surface area contributed by atoms with Gasteiger partial charge in [0.15, 0.2) is 0 Å². The summed E-state index contributed by atoms with van der Waals surface area (Å²) in [7, 11) is 0. The van der Waals surface area contributed by atoms with Crippen molar-refractivity contribution < 1.29 is 0 Å². The Kier molecular flexibility index (Phi) is 4.19. The maximum absolute atomic E-state index is 5.98. The van der Waals surface area contributed by atoms with E-state index in [1.807, 2.05) is 12.1 Å². The topological polar surface area (TPSA) is 3.24 Å². The zero-order chi connectivity index (χ0) is 13.8. The summed E-state index contributed by atoms with van der Waals surface area (Å²) in [6.07, 6.45) is 5.68. The molecule has 0 N–H and O–H groups in total. The number of rotatable bonds is 3. The minimum absolute atomic E-state index is 0.785. The zero-order valence-electron chi connectivity index (χ0n) is 11.4. The lowest BCUT2D eigenvalue weighted by molar-refractivity contribution is 0.291. The molecule has 0 radical (unpaired) electrons. The molecule has 0 unspecified atom stereocenters. The lowest BCUT2D eigenvalue weighted by atomic mass is 9.99. The molecular formula is C18H18ClN. The van der Waals surface area contributed by atoms with Crippen LogP contribution in [0.25, 0.3) is 11.1 Å². The standard InChI is InChI=1S/C18H18ClN/c19-17-10-8-15(9-11-17)18-7-3-2-6-16(18)14-20-12-4-1-5-13-20/h1-4,6-11H,5,12-14H2. The number of hydrogen-bond acceptors (Lipinski definition) is 1. The van der Waals surface area contributed by atoms with E-state index in [9.17, 15) is 0 Å². The maximum atomic E-state index is 5.98. The van der Waals surface area contributed by atoms with Crippen LogP contribution in [0.15, 0.2) is 60.7 Å². The van der Waals surface area contributed by atoms with Crippen LogP contribution in [-0.2, 0) is 6.54 Å². The Labute approximate surface area is 125 Å². The van der Waals surface area contributed by atoms with Gasteiger partial charge in [0, 0.05) is 24.7 Å². The fourth-order valence-electron chi connectivity index (χ4n) is 2.64. The van der Waals surface area contributed by atoms with Gasteiger partial charge in [-0.2, -0.15) is 0 Å². The Bertz CT molecular complexity index is 601. The van der Waals surface area contributed by atoms with E-state index in [4.69, 9.17) is 11.6 Å². The van der Waals surface area contributed by atoms with Gasteiger partial charge in [0.2, 0.25) is 0 Å². The van der Waals surface area contributed by atoms with Crippen LogP contribution in [0.2, 0.25) is 5.02 Å². The van der Waals surface area contributed by atoms with Gasteiger partial charge in [-0.25, -0.2) is 0 Å². The number of benzene rings is 2. The molecule has 102 valence electrons. The molecule has 1 aliphatic heterocycles. The van der Waals surface area contributed by atoms with Crippen molar-refractivity contribution in [3.8, 4) is 11.1 Å². The fraction of sp³-hybridized carbons (Fsp3) is 0.222. The summed E-state index contributed by atoms with van der Waals surface area (Å²) in [6, 6.07) is 16.7. The monoisotopic (exact) mass is 283 g/mol. The highest BCUT2D eigenvalue weighted by atomic mass is 35.5. The van der Waals surface area contributed by atoms with Crippen molar-refractivity contribution in [2.24, 2.45) is 0 Å². The second-order valence-corrected chi connectivity index (χ2v) is 5.60. The van der Waals surface area contributed by atoms with Crippen LogP contribution in [0, 0.1) is 0 Å². The molecule has 0 aliphatic carbocycles. The summed E-state index contributed by atoms with van der Waals surface area (Å²) < 4.78 is 0. The minimum Gasteiger partial charge on any atom is -0.295 e. The average Bonchev–Trinajstić information content (AvgIpc) is 2.50. The van der Waals surface area contributed by atoms with Crippen molar-refractivity contribution >= 4 is 11.6 Å². The first-order valence-electron chi connectivity index (χ1n) is 7.04. The van der Waals surface area contributed by atoms with E-state index in [1.54, 1.807) is 0 Å². The first-order valence-corrected chi connectivity index (χ1v) is 7.42. The molecule has 0 fully saturated rings. The first kappa shape index (κ1) is 13.4. The van der Waals surface area contributed by atoms with E-state index in [-0.39, 0.29) is 0 Å². The van der Waals surface area contributed by atoms with Crippen molar-refractivity contribution in [2.45, 2.75) is 13.0 Å². The zero-order valence-corrected chi connectivity index (χ0v) is 12.2. The Morgan fingerprint density at radius 1 is 0.950 bits per heavy atom. The molecule has 0 spiro atoms. The summed E-state index contributed by atoms with van der Waals surface area (Å²) in [5.41, 5.74) is 3.92. The molecule has 2 aromatic carbocycles. The van der Waals surface area contributed by atoms with Crippen LogP contribution in [0.4, 0.5) is 0 Å². The first-order chi connectivity index (χ1) is 9.83. The summed E-state index contributed by atoms with van der Waals surface area (Å²) in [5, 5.41) is 0.785. The Balaban J connectivity index is 1.87. The van der Waals surface area contributed by atoms with E-state index in [0.29, 0.717) is 0 Å². The molecule has 2 aromatic rings. The van der Waals surface area contributed by atoms with E-state index >= 15 is 0 Å². The number of hydrogen-bond donors (Lipinski definition) is 0. The van der Waals surface area contributed by atoms with Gasteiger partial charge < -0.3 is 0 Å². The van der Waals surface area contributed by atoms with E-state index in [1.165, 1.54) is 16.7 Å². The summed E-state index contributed by atoms with van der Waals surface area (Å²) in [6.45, 7) is 3.20. The van der Waals surface area contributed by atoms with Gasteiger partial charge in [-0.1, -0.05) is 60.2 Å². The summed E-state index contributed by atoms with van der Waals surface area (Å²) >= 11 is 5.98. The van der Waals surface area contributed by atoms with Gasteiger partial charge in [0.25, 0.3) is 0 Å². The SMILES string of the molecule is Clc1ccc(-c2ccccc2CN2CC=CCC2)cc1. The molecule has 0 bridgehead atoms. The Hall–Kier alpha value is -1.57. The molecule has 1 heterocycles. The highest BCUT2D eigenvalue weighted by molar-refractivity contribution is 6.30. The lowest BCUT2D eigenvalue weighted by Gasteiger charge is -2.24. The number of halogens is 1. The second-order valence-electron chi connectivity index (χ2n) is 5.16. The molecule has 0 saturated carbocycles. The molecule has 1 aliphatic rings. The molecule has 20 heavy (non-hydrogen) atoms. The predicted molar refractivity (Wildman–Crippen MR) is 85.9 cm³/mol. The van der Waals surface area contributed by atoms with Crippen molar-refractivity contribution in [1.82, 2.24) is 4.90 Å². The second kappa shape index (κ2) is 6.25. The van der Waals surface area contributed by atoms with Crippen LogP contribution in [0.1, 0.15) is 12.0 Å². The molecule has 0 atom stereocenters. The smallest absolute Gasteiger partial charge is 0.0406 e. The highest BCUT2D eigenvalue weighted by Gasteiger charge is 2.10. The largest absolute Gasteiger partial charge is 0.295 e. The molecule has 0 amide bonds. The summed E-state index contributed by atoms with van der Waals surface area (Å²) in [4.78, 5) is 2.48. The van der Waals surface area contributed by atoms with Crippen LogP contribution in [-0.4, -0.2) is 18.0 Å². The Morgan fingerprint density at radius 3 is 2.50 bits per heavy atom. The van der Waals surface area contributed by atoms with Gasteiger partial charge in [0.05, 0.1) is 0 Å². The van der Waals surface area contributed by atoms with E-state index < -0.39 is 0 Å². The van der Waals surface area contributed by atoms with Crippen molar-refractivity contribution in [1.29, 1.82) is 0 Å². The molecule has 0 aromatic heterocycles. The third-order valence-corrected chi connectivity index (χ3v) is 3.96. The Morgan fingerprint density at radius 2 is 1.75 bits per heavy atom. The third-order valence-electron chi connectivity index (χ3n) is 3.71. The van der Waals surface area contributed by atoms with Crippen molar-refractivity contribution in [2.75, 3.05) is 13.1 Å². The highest BCUT2D eigenvalue weighted by Crippen LogP contribution is 2.26. The van der Waals surface area contributed by atoms with Crippen molar-refractivity contribution in [3.63, 3.8) is 0 Å². The van der Waals surface area contributed by atoms with Gasteiger partial charge in [-0.15, -0.1) is 0 Å². The van der Waals surface area contributed by atoms with E-state index in [0.717, 1.165) is 31.1 Å². The molecule has 3 rings (SSSR count). The normalized spacial score (nSPS) is 15.4. The van der Waals surface area contributed by atoms with Gasteiger partial charge in [0.1, 0.15) is 0 Å². The quantitative estimate of drug-likeness (QED) is 0.734. The van der Waals surface area contributed by atoms with Crippen LogP contribution >= 0.6 is 11.6 Å². The molecule has 1 nitrogen and oxygen atoms in total. The van der Waals surface area contributed by atoms with Crippen molar-refractivity contribution in [3.05, 3.63) is 71.3 Å². The molecular weight excluding hydrogens is 266 g/mol. The van der Waals surface area contributed by atoms with Gasteiger partial charge in [-0.05, 0) is 35.2 Å². The minimum atomic E-state index is 0.785. The van der Waals surface area contributed by atoms with Gasteiger partial charge >= 0.3 is 0 Å². The maximum Gasteiger partial charge on any atom is 0.0406 e. The third kappa shape index (κ3) is 3.12. The summed E-state index contributed by atoms with van der Waals surface area (Å²) in [5.74, 6) is 0. The van der Waals surface area contributed by atoms with Crippen LogP contribution in [0.5, 0.6) is 0 Å². The fourth-order valence-corrected chi connectivity index (χ4v) is 2.77. The van der Waals surface area contributed by atoms with E-state index in [2.05, 4.69) is 53.5 Å².